The summed E-state index contributed by atoms with van der Waals surface area (Å²) in [6, 6.07) is 0. The number of hydrogen-bond acceptors (Lipinski definition) is 4. The van der Waals surface area contributed by atoms with Gasteiger partial charge in [0.25, 0.3) is 0 Å². The molecule has 7 heteroatoms. The molecule has 0 aromatic carbocycles. The van der Waals surface area contributed by atoms with Gasteiger partial charge in [0.15, 0.2) is 0 Å². The predicted octanol–water partition coefficient (Wildman–Crippen LogP) is 2.23. The monoisotopic (exact) mass is 398 g/mol. The Balaban J connectivity index is 1.40. The van der Waals surface area contributed by atoms with Gasteiger partial charge in [0.1, 0.15) is 9.84 Å². The molecule has 1 aliphatic carbocycles. The van der Waals surface area contributed by atoms with Crippen LogP contribution in [-0.2, 0) is 19.4 Å². The topological polar surface area (TPSA) is 74.8 Å². The summed E-state index contributed by atoms with van der Waals surface area (Å²) >= 11 is 0. The fourth-order valence-electron chi connectivity index (χ4n) is 5.00. The third kappa shape index (κ3) is 5.69. The van der Waals surface area contributed by atoms with Gasteiger partial charge in [0.2, 0.25) is 11.8 Å². The lowest BCUT2D eigenvalue weighted by Gasteiger charge is -2.46. The van der Waals surface area contributed by atoms with E-state index in [-0.39, 0.29) is 18.1 Å². The van der Waals surface area contributed by atoms with Gasteiger partial charge in [0, 0.05) is 45.3 Å². The highest BCUT2D eigenvalue weighted by atomic mass is 32.2. The first-order valence-electron chi connectivity index (χ1n) is 10.5. The molecule has 2 amide bonds. The SMILES string of the molecule is CS(=O)(=O)CCC(=O)N1CCC2(CCC(CC(=O)N3CCCC3)CC2)CC1. The molecule has 0 aromatic rings. The van der Waals surface area contributed by atoms with Gasteiger partial charge in [-0.15, -0.1) is 0 Å². The van der Waals surface area contributed by atoms with Gasteiger partial charge in [-0.05, 0) is 62.7 Å². The fourth-order valence-corrected chi connectivity index (χ4v) is 5.54. The maximum Gasteiger partial charge on any atom is 0.223 e. The summed E-state index contributed by atoms with van der Waals surface area (Å²) in [5, 5.41) is 0. The molecule has 1 saturated carbocycles. The van der Waals surface area contributed by atoms with Crippen LogP contribution in [-0.4, -0.2) is 68.2 Å². The van der Waals surface area contributed by atoms with Crippen LogP contribution in [0.4, 0.5) is 0 Å². The van der Waals surface area contributed by atoms with E-state index in [9.17, 15) is 18.0 Å². The Hall–Kier alpha value is -1.11. The van der Waals surface area contributed by atoms with Crippen LogP contribution in [0, 0.1) is 11.3 Å². The van der Waals surface area contributed by atoms with E-state index in [2.05, 4.69) is 0 Å². The first-order valence-corrected chi connectivity index (χ1v) is 12.6. The quantitative estimate of drug-likeness (QED) is 0.712. The van der Waals surface area contributed by atoms with Gasteiger partial charge in [-0.1, -0.05) is 0 Å². The highest BCUT2D eigenvalue weighted by Crippen LogP contribution is 2.47. The van der Waals surface area contributed by atoms with Crippen molar-refractivity contribution in [2.24, 2.45) is 11.3 Å². The van der Waals surface area contributed by atoms with Crippen molar-refractivity contribution in [2.75, 3.05) is 38.2 Å². The van der Waals surface area contributed by atoms with E-state index >= 15 is 0 Å². The molecular formula is C20H34N2O4S. The van der Waals surface area contributed by atoms with E-state index < -0.39 is 9.84 Å². The predicted molar refractivity (Wildman–Crippen MR) is 105 cm³/mol. The molecular weight excluding hydrogens is 364 g/mol. The zero-order chi connectivity index (χ0) is 19.5. The number of sulfone groups is 1. The van der Waals surface area contributed by atoms with Crippen LogP contribution in [0.25, 0.3) is 0 Å². The van der Waals surface area contributed by atoms with Gasteiger partial charge in [-0.3, -0.25) is 9.59 Å². The van der Waals surface area contributed by atoms with E-state index in [1.165, 1.54) is 6.26 Å². The normalized spacial score (nSPS) is 23.7. The number of likely N-dealkylation sites (tertiary alicyclic amines) is 2. The third-order valence-corrected chi connectivity index (χ3v) is 7.90. The number of amides is 2. The molecule has 3 fully saturated rings. The van der Waals surface area contributed by atoms with E-state index in [1.807, 2.05) is 9.80 Å². The second kappa shape index (κ2) is 8.50. The molecule has 1 spiro atoms. The van der Waals surface area contributed by atoms with Crippen molar-refractivity contribution in [1.82, 2.24) is 9.80 Å². The minimum absolute atomic E-state index is 0.0276. The standard InChI is InChI=1S/C20H34N2O4S/c1-27(25,26)15-6-18(23)22-13-9-20(10-14-22)7-4-17(5-8-20)16-19(24)21-11-2-3-12-21/h17H,2-16H2,1H3. The summed E-state index contributed by atoms with van der Waals surface area (Å²) in [5.41, 5.74) is 0.334. The van der Waals surface area contributed by atoms with Crippen LogP contribution in [0.2, 0.25) is 0 Å². The minimum atomic E-state index is -3.09. The number of nitrogens with zero attached hydrogens (tertiary/aromatic N) is 2. The highest BCUT2D eigenvalue weighted by molar-refractivity contribution is 7.90. The molecule has 6 nitrogen and oxygen atoms in total. The first-order chi connectivity index (χ1) is 12.8. The Morgan fingerprint density at radius 3 is 2.00 bits per heavy atom. The van der Waals surface area contributed by atoms with Crippen LogP contribution in [0.3, 0.4) is 0 Å². The summed E-state index contributed by atoms with van der Waals surface area (Å²) < 4.78 is 22.5. The second-order valence-electron chi connectivity index (χ2n) is 9.00. The van der Waals surface area contributed by atoms with E-state index in [4.69, 9.17) is 0 Å². The summed E-state index contributed by atoms with van der Waals surface area (Å²) in [4.78, 5) is 28.5. The lowest BCUT2D eigenvalue weighted by molar-refractivity contribution is -0.134. The average Bonchev–Trinajstić information content (AvgIpc) is 3.17. The maximum atomic E-state index is 12.4. The van der Waals surface area contributed by atoms with Crippen molar-refractivity contribution in [3.63, 3.8) is 0 Å². The number of piperidine rings is 1. The molecule has 0 aromatic heterocycles. The van der Waals surface area contributed by atoms with E-state index in [0.29, 0.717) is 23.7 Å². The molecule has 0 bridgehead atoms. The number of hydrogen-bond donors (Lipinski definition) is 0. The van der Waals surface area contributed by atoms with Crippen LogP contribution in [0.15, 0.2) is 0 Å². The second-order valence-corrected chi connectivity index (χ2v) is 11.3. The Kier molecular flexibility index (Phi) is 6.49. The van der Waals surface area contributed by atoms with Crippen molar-refractivity contribution in [3.8, 4) is 0 Å². The average molecular weight is 399 g/mol. The minimum Gasteiger partial charge on any atom is -0.343 e. The molecule has 3 aliphatic rings. The van der Waals surface area contributed by atoms with Gasteiger partial charge < -0.3 is 9.80 Å². The van der Waals surface area contributed by atoms with Crippen LogP contribution < -0.4 is 0 Å². The van der Waals surface area contributed by atoms with Crippen molar-refractivity contribution in [1.29, 1.82) is 0 Å². The largest absolute Gasteiger partial charge is 0.343 e. The van der Waals surface area contributed by atoms with Crippen LogP contribution >= 0.6 is 0 Å². The van der Waals surface area contributed by atoms with E-state index in [0.717, 1.165) is 77.5 Å². The molecule has 0 N–H and O–H groups in total. The van der Waals surface area contributed by atoms with Gasteiger partial charge >= 0.3 is 0 Å². The fraction of sp³-hybridized carbons (Fsp3) is 0.900. The summed E-state index contributed by atoms with van der Waals surface area (Å²) in [7, 11) is -3.09. The number of rotatable bonds is 5. The van der Waals surface area contributed by atoms with Crippen LogP contribution in [0.1, 0.15) is 64.2 Å². The lowest BCUT2D eigenvalue weighted by Crippen LogP contribution is -2.45. The summed E-state index contributed by atoms with van der Waals surface area (Å²) in [6.45, 7) is 3.39. The van der Waals surface area contributed by atoms with Gasteiger partial charge in [0.05, 0.1) is 5.75 Å². The summed E-state index contributed by atoms with van der Waals surface area (Å²) in [5.74, 6) is 0.790. The first kappa shape index (κ1) is 20.6. The molecule has 2 heterocycles. The Labute approximate surface area is 163 Å². The highest BCUT2D eigenvalue weighted by Gasteiger charge is 2.39. The van der Waals surface area contributed by atoms with Gasteiger partial charge in [-0.25, -0.2) is 8.42 Å². The van der Waals surface area contributed by atoms with Crippen molar-refractivity contribution in [3.05, 3.63) is 0 Å². The molecule has 2 aliphatic heterocycles. The molecule has 0 unspecified atom stereocenters. The molecule has 3 rings (SSSR count). The molecule has 0 atom stereocenters. The third-order valence-electron chi connectivity index (χ3n) is 6.95. The van der Waals surface area contributed by atoms with E-state index in [1.54, 1.807) is 0 Å². The zero-order valence-corrected chi connectivity index (χ0v) is 17.4. The maximum absolute atomic E-state index is 12.4. The van der Waals surface area contributed by atoms with Crippen molar-refractivity contribution in [2.45, 2.75) is 64.2 Å². The van der Waals surface area contributed by atoms with Crippen molar-refractivity contribution < 1.29 is 18.0 Å². The number of carbonyl (C=O) groups excluding carboxylic acids is 2. The molecule has 27 heavy (non-hydrogen) atoms. The molecule has 154 valence electrons. The van der Waals surface area contributed by atoms with Crippen LogP contribution in [0.5, 0.6) is 0 Å². The molecule has 0 radical (unpaired) electrons. The Bertz CT molecular complexity index is 637. The number of carbonyl (C=O) groups is 2. The lowest BCUT2D eigenvalue weighted by atomic mass is 9.65. The zero-order valence-electron chi connectivity index (χ0n) is 16.6. The summed E-state index contributed by atoms with van der Waals surface area (Å²) in [6.07, 6.45) is 10.9. The smallest absolute Gasteiger partial charge is 0.223 e. The van der Waals surface area contributed by atoms with Gasteiger partial charge in [-0.2, -0.15) is 0 Å². The van der Waals surface area contributed by atoms with Crippen molar-refractivity contribution >= 4 is 21.7 Å². The Morgan fingerprint density at radius 1 is 0.889 bits per heavy atom. The Morgan fingerprint density at radius 2 is 1.44 bits per heavy atom. The molecule has 2 saturated heterocycles.